The van der Waals surface area contributed by atoms with E-state index in [0.717, 1.165) is 16.0 Å². The molecule has 7 nitrogen and oxygen atoms in total. The van der Waals surface area contributed by atoms with Crippen molar-refractivity contribution in [3.63, 3.8) is 0 Å². The number of nitrogens with one attached hydrogen (secondary N) is 2. The van der Waals surface area contributed by atoms with Crippen LogP contribution < -0.4 is 15.5 Å². The average Bonchev–Trinajstić information content (AvgIpc) is 3.01. The number of carbonyl (C=O) groups excluding carboxylic acids is 3. The van der Waals surface area contributed by atoms with Gasteiger partial charge in [0.2, 0.25) is 0 Å². The van der Waals surface area contributed by atoms with Gasteiger partial charge >= 0.3 is 0 Å². The van der Waals surface area contributed by atoms with Gasteiger partial charge in [0.1, 0.15) is 16.5 Å². The van der Waals surface area contributed by atoms with Gasteiger partial charge in [0.05, 0.1) is 11.4 Å². The third-order valence-corrected chi connectivity index (χ3v) is 5.70. The average molecular weight is 462 g/mol. The molecule has 0 radical (unpaired) electrons. The number of hydrogen-bond acceptors (Lipinski definition) is 5. The summed E-state index contributed by atoms with van der Waals surface area (Å²) in [5, 5.41) is 15.1. The van der Waals surface area contributed by atoms with Gasteiger partial charge in [0.15, 0.2) is 0 Å². The van der Waals surface area contributed by atoms with Crippen LogP contribution in [0.1, 0.15) is 21.5 Å². The number of benzene rings is 3. The molecular weight excluding hydrogens is 442 g/mol. The van der Waals surface area contributed by atoms with Gasteiger partial charge in [-0.05, 0) is 73.5 Å². The molecule has 33 heavy (non-hydrogen) atoms. The molecule has 8 heteroatoms. The molecule has 3 aromatic carbocycles. The van der Waals surface area contributed by atoms with Crippen molar-refractivity contribution in [2.75, 3.05) is 15.5 Å². The molecule has 166 valence electrons. The Balaban J connectivity index is 1.50. The van der Waals surface area contributed by atoms with E-state index in [2.05, 4.69) is 10.6 Å². The van der Waals surface area contributed by atoms with Gasteiger partial charge in [-0.2, -0.15) is 0 Å². The summed E-state index contributed by atoms with van der Waals surface area (Å²) in [5.41, 5.74) is 3.51. The first kappa shape index (κ1) is 22.1. The first-order chi connectivity index (χ1) is 15.8. The van der Waals surface area contributed by atoms with E-state index >= 15 is 0 Å². The summed E-state index contributed by atoms with van der Waals surface area (Å²) in [5.74, 6) is -1.61. The summed E-state index contributed by atoms with van der Waals surface area (Å²) in [6.07, 6.45) is 0. The number of phenolic OH excluding ortho intramolecular Hbond substituents is 1. The molecule has 1 aliphatic rings. The summed E-state index contributed by atoms with van der Waals surface area (Å²) in [4.78, 5) is 39.1. The summed E-state index contributed by atoms with van der Waals surface area (Å²) < 4.78 is 0. The van der Waals surface area contributed by atoms with Crippen molar-refractivity contribution in [3.8, 4) is 5.75 Å². The number of hydrogen-bond donors (Lipinski definition) is 3. The van der Waals surface area contributed by atoms with Gasteiger partial charge in [0.25, 0.3) is 17.7 Å². The summed E-state index contributed by atoms with van der Waals surface area (Å²) >= 11 is 6.19. The normalized spacial score (nSPS) is 13.5. The maximum absolute atomic E-state index is 13.0. The highest BCUT2D eigenvalue weighted by Crippen LogP contribution is 2.31. The number of imide groups is 1. The van der Waals surface area contributed by atoms with Crippen molar-refractivity contribution >= 4 is 46.4 Å². The Kier molecular flexibility index (Phi) is 5.89. The zero-order chi connectivity index (χ0) is 23.7. The molecule has 0 atom stereocenters. The molecule has 1 heterocycles. The van der Waals surface area contributed by atoms with Gasteiger partial charge in [0, 0.05) is 11.3 Å². The van der Waals surface area contributed by atoms with E-state index in [4.69, 9.17) is 11.6 Å². The molecule has 0 unspecified atom stereocenters. The van der Waals surface area contributed by atoms with Gasteiger partial charge in [-0.25, -0.2) is 4.90 Å². The second kappa shape index (κ2) is 8.80. The quantitative estimate of drug-likeness (QED) is 0.378. The summed E-state index contributed by atoms with van der Waals surface area (Å²) in [6, 6.07) is 18.0. The second-order valence-electron chi connectivity index (χ2n) is 7.58. The number of phenols is 1. The Hall–Kier alpha value is -4.10. The van der Waals surface area contributed by atoms with Crippen molar-refractivity contribution in [3.05, 3.63) is 94.1 Å². The molecule has 0 fully saturated rings. The molecular formula is C25H20ClN3O4. The maximum Gasteiger partial charge on any atom is 0.283 e. The standard InChI is InChI=1S/C25H20ClN3O4/c1-14-7-12-18(13-15(14)2)29-24(32)21(26)22(25(29)33)27-17-10-8-16(9-11-17)23(31)28-19-5-3-4-6-20(19)30/h3-13,27,30H,1-2H3,(H,28,31). The minimum Gasteiger partial charge on any atom is -0.506 e. The third kappa shape index (κ3) is 4.31. The second-order valence-corrected chi connectivity index (χ2v) is 7.95. The van der Waals surface area contributed by atoms with Crippen LogP contribution >= 0.6 is 11.6 Å². The number of para-hydroxylation sites is 2. The molecule has 3 amide bonds. The van der Waals surface area contributed by atoms with Crippen molar-refractivity contribution in [2.45, 2.75) is 13.8 Å². The fraction of sp³-hybridized carbons (Fsp3) is 0.0800. The molecule has 0 saturated carbocycles. The number of halogens is 1. The molecule has 0 aliphatic carbocycles. The van der Waals surface area contributed by atoms with Crippen LogP contribution in [0, 0.1) is 13.8 Å². The predicted octanol–water partition coefficient (Wildman–Crippen LogP) is 4.70. The first-order valence-electron chi connectivity index (χ1n) is 10.1. The minimum absolute atomic E-state index is 0.0358. The lowest BCUT2D eigenvalue weighted by atomic mass is 10.1. The highest BCUT2D eigenvalue weighted by Gasteiger charge is 2.39. The highest BCUT2D eigenvalue weighted by atomic mass is 35.5. The lowest BCUT2D eigenvalue weighted by Gasteiger charge is -2.16. The minimum atomic E-state index is -0.605. The van der Waals surface area contributed by atoms with Crippen molar-refractivity contribution in [1.82, 2.24) is 0 Å². The van der Waals surface area contributed by atoms with E-state index in [1.54, 1.807) is 54.6 Å². The SMILES string of the molecule is Cc1ccc(N2C(=O)C(Cl)=C(Nc3ccc(C(=O)Nc4ccccc4O)cc3)C2=O)cc1C. The highest BCUT2D eigenvalue weighted by molar-refractivity contribution is 6.53. The number of carbonyl (C=O) groups is 3. The zero-order valence-corrected chi connectivity index (χ0v) is 18.6. The molecule has 1 aliphatic heterocycles. The summed E-state index contributed by atoms with van der Waals surface area (Å²) in [7, 11) is 0. The fourth-order valence-electron chi connectivity index (χ4n) is 3.33. The van der Waals surface area contributed by atoms with Crippen molar-refractivity contribution in [2.24, 2.45) is 0 Å². The Bertz CT molecular complexity index is 1320. The Morgan fingerprint density at radius 2 is 1.61 bits per heavy atom. The maximum atomic E-state index is 13.0. The zero-order valence-electron chi connectivity index (χ0n) is 17.8. The van der Waals surface area contributed by atoms with Gasteiger partial charge in [-0.15, -0.1) is 0 Å². The van der Waals surface area contributed by atoms with Crippen LogP contribution in [0.4, 0.5) is 17.1 Å². The van der Waals surface area contributed by atoms with E-state index in [1.165, 1.54) is 6.07 Å². The van der Waals surface area contributed by atoms with Crippen LogP contribution in [0.3, 0.4) is 0 Å². The van der Waals surface area contributed by atoms with Crippen molar-refractivity contribution < 1.29 is 19.5 Å². The van der Waals surface area contributed by atoms with Crippen LogP contribution in [-0.4, -0.2) is 22.8 Å². The van der Waals surface area contributed by atoms with Crippen LogP contribution in [0.15, 0.2) is 77.5 Å². The largest absolute Gasteiger partial charge is 0.506 e. The number of rotatable bonds is 5. The first-order valence-corrected chi connectivity index (χ1v) is 10.5. The van der Waals surface area contributed by atoms with Crippen LogP contribution in [-0.2, 0) is 9.59 Å². The third-order valence-electron chi connectivity index (χ3n) is 5.34. The Labute approximate surface area is 195 Å². The van der Waals surface area contributed by atoms with E-state index < -0.39 is 17.7 Å². The molecule has 0 spiro atoms. The topological polar surface area (TPSA) is 98.7 Å². The van der Waals surface area contributed by atoms with E-state index in [0.29, 0.717) is 22.6 Å². The van der Waals surface area contributed by atoms with Crippen LogP contribution in [0.2, 0.25) is 0 Å². The number of amides is 3. The van der Waals surface area contributed by atoms with E-state index in [9.17, 15) is 19.5 Å². The molecule has 3 aromatic rings. The monoisotopic (exact) mass is 461 g/mol. The van der Waals surface area contributed by atoms with Gasteiger partial charge < -0.3 is 15.7 Å². The Morgan fingerprint density at radius 1 is 0.909 bits per heavy atom. The number of anilines is 3. The van der Waals surface area contributed by atoms with Gasteiger partial charge in [-0.3, -0.25) is 14.4 Å². The molecule has 0 saturated heterocycles. The lowest BCUT2D eigenvalue weighted by Crippen LogP contribution is -2.32. The molecule has 0 aromatic heterocycles. The van der Waals surface area contributed by atoms with Crippen molar-refractivity contribution in [1.29, 1.82) is 0 Å². The fourth-order valence-corrected chi connectivity index (χ4v) is 3.55. The van der Waals surface area contributed by atoms with Crippen LogP contribution in [0.25, 0.3) is 0 Å². The number of aromatic hydroxyl groups is 1. The van der Waals surface area contributed by atoms with E-state index in [1.807, 2.05) is 19.9 Å². The predicted molar refractivity (Wildman–Crippen MR) is 127 cm³/mol. The van der Waals surface area contributed by atoms with E-state index in [-0.39, 0.29) is 16.5 Å². The molecule has 4 rings (SSSR count). The van der Waals surface area contributed by atoms with Crippen LogP contribution in [0.5, 0.6) is 5.75 Å². The smallest absolute Gasteiger partial charge is 0.283 e. The summed E-state index contributed by atoms with van der Waals surface area (Å²) in [6.45, 7) is 3.84. The molecule has 0 bridgehead atoms. The lowest BCUT2D eigenvalue weighted by molar-refractivity contribution is -0.120. The number of aryl methyl sites for hydroxylation is 2. The molecule has 3 N–H and O–H groups in total. The number of nitrogens with zero attached hydrogens (tertiary/aromatic N) is 1. The van der Waals surface area contributed by atoms with Gasteiger partial charge in [-0.1, -0.05) is 29.8 Å². The Morgan fingerprint density at radius 3 is 2.27 bits per heavy atom.